The van der Waals surface area contributed by atoms with E-state index < -0.39 is 27.0 Å². The lowest BCUT2D eigenvalue weighted by atomic mass is 10.0. The number of ether oxygens (including phenoxy) is 1. The Morgan fingerprint density at radius 2 is 1.62 bits per heavy atom. The van der Waals surface area contributed by atoms with Gasteiger partial charge in [-0.3, -0.25) is 9.13 Å². The number of rotatable bonds is 15. The summed E-state index contributed by atoms with van der Waals surface area (Å²) in [4.78, 5) is 18.3. The zero-order valence-electron chi connectivity index (χ0n) is 18.9. The fourth-order valence-electron chi connectivity index (χ4n) is 2.76. The van der Waals surface area contributed by atoms with Crippen molar-refractivity contribution in [3.8, 4) is 0 Å². The molecule has 0 fully saturated rings. The first kappa shape index (κ1) is 28.5. The van der Waals surface area contributed by atoms with Gasteiger partial charge in [-0.2, -0.15) is 0 Å². The van der Waals surface area contributed by atoms with Crippen molar-refractivity contribution in [2.45, 2.75) is 79.8 Å². The largest absolute Gasteiger partial charge is 0.367 e. The van der Waals surface area contributed by atoms with E-state index in [-0.39, 0.29) is 13.0 Å². The van der Waals surface area contributed by atoms with Gasteiger partial charge in [0.25, 0.3) is 0 Å². The summed E-state index contributed by atoms with van der Waals surface area (Å²) in [6.45, 7) is 12.1. The molecule has 0 radical (unpaired) electrons. The van der Waals surface area contributed by atoms with E-state index in [1.54, 1.807) is 13.8 Å². The third-order valence-electron chi connectivity index (χ3n) is 4.08. The molecule has 2 N–H and O–H groups in total. The van der Waals surface area contributed by atoms with Crippen LogP contribution in [0.15, 0.2) is 34.9 Å². The number of hydrogen-bond acceptors (Lipinski definition) is 4. The highest BCUT2D eigenvalue weighted by Gasteiger charge is 2.33. The first-order valence-electron chi connectivity index (χ1n) is 10.2. The van der Waals surface area contributed by atoms with E-state index in [0.717, 1.165) is 32.1 Å². The van der Waals surface area contributed by atoms with Crippen LogP contribution in [-0.4, -0.2) is 34.7 Å². The Labute approximate surface area is 177 Å². The van der Waals surface area contributed by atoms with Crippen LogP contribution < -0.4 is 0 Å². The minimum absolute atomic E-state index is 0.249. The molecule has 0 bridgehead atoms. The molecule has 0 spiro atoms. The van der Waals surface area contributed by atoms with Crippen LogP contribution in [0.2, 0.25) is 0 Å². The molecule has 0 rings (SSSR count). The molecule has 0 aliphatic carbocycles. The molecule has 0 amide bonds. The number of hydrogen-bond donors (Lipinski definition) is 2. The van der Waals surface area contributed by atoms with Gasteiger partial charge in [0.1, 0.15) is 12.3 Å². The van der Waals surface area contributed by atoms with E-state index in [0.29, 0.717) is 0 Å². The first-order chi connectivity index (χ1) is 13.4. The average molecular weight is 450 g/mol. The molecule has 0 heterocycles. The molecular weight excluding hydrogens is 410 g/mol. The van der Waals surface area contributed by atoms with Gasteiger partial charge < -0.3 is 19.0 Å². The summed E-state index contributed by atoms with van der Waals surface area (Å²) in [7, 11) is -8.00. The van der Waals surface area contributed by atoms with Crippen LogP contribution in [0, 0.1) is 0 Å². The van der Waals surface area contributed by atoms with Gasteiger partial charge in [-0.25, -0.2) is 0 Å². The molecule has 0 aromatic carbocycles. The molecule has 1 unspecified atom stereocenters. The molecule has 0 saturated carbocycles. The summed E-state index contributed by atoms with van der Waals surface area (Å²) in [6, 6.07) is 0. The Kier molecular flexibility index (Phi) is 14.3. The molecular formula is C21H40O6P2. The molecule has 0 saturated heterocycles. The third-order valence-corrected chi connectivity index (χ3v) is 8.66. The van der Waals surface area contributed by atoms with Crippen molar-refractivity contribution in [2.75, 3.05) is 18.9 Å². The third kappa shape index (κ3) is 16.9. The Bertz CT molecular complexity index is 654. The maximum atomic E-state index is 12.7. The monoisotopic (exact) mass is 450 g/mol. The maximum absolute atomic E-state index is 12.7. The van der Waals surface area contributed by atoms with Crippen molar-refractivity contribution in [3.63, 3.8) is 0 Å². The van der Waals surface area contributed by atoms with Gasteiger partial charge >= 0.3 is 7.60 Å². The van der Waals surface area contributed by atoms with Crippen LogP contribution in [0.3, 0.4) is 0 Å². The Morgan fingerprint density at radius 3 is 2.14 bits per heavy atom. The number of allylic oxidation sites excluding steroid dienone is 5. The highest BCUT2D eigenvalue weighted by molar-refractivity contribution is 7.73. The Balaban J connectivity index is 4.56. The van der Waals surface area contributed by atoms with Crippen molar-refractivity contribution in [1.82, 2.24) is 0 Å². The lowest BCUT2D eigenvalue weighted by molar-refractivity contribution is 0.174. The maximum Gasteiger partial charge on any atom is 0.335 e. The van der Waals surface area contributed by atoms with Gasteiger partial charge in [-0.1, -0.05) is 41.9 Å². The smallest absolute Gasteiger partial charge is 0.335 e. The van der Waals surface area contributed by atoms with E-state index in [9.17, 15) is 9.13 Å². The van der Waals surface area contributed by atoms with E-state index in [1.165, 1.54) is 16.7 Å². The summed E-state index contributed by atoms with van der Waals surface area (Å²) >= 11 is 0. The fourth-order valence-corrected chi connectivity index (χ4v) is 6.81. The Hall–Kier alpha value is -0.480. The lowest BCUT2D eigenvalue weighted by Gasteiger charge is -2.21. The average Bonchev–Trinajstić information content (AvgIpc) is 2.54. The van der Waals surface area contributed by atoms with Gasteiger partial charge in [0.15, 0.2) is 0 Å². The van der Waals surface area contributed by atoms with Gasteiger partial charge in [0.05, 0.1) is 12.7 Å². The molecule has 29 heavy (non-hydrogen) atoms. The molecule has 0 aliphatic rings. The van der Waals surface area contributed by atoms with Crippen molar-refractivity contribution < 1.29 is 28.2 Å². The summed E-state index contributed by atoms with van der Waals surface area (Å²) in [5.74, 6) is -0.792. The van der Waals surface area contributed by atoms with E-state index >= 15 is 0 Å². The predicted octanol–water partition coefficient (Wildman–Crippen LogP) is 6.61. The van der Waals surface area contributed by atoms with Gasteiger partial charge in [0, 0.05) is 0 Å². The van der Waals surface area contributed by atoms with Crippen LogP contribution in [0.1, 0.15) is 73.6 Å². The van der Waals surface area contributed by atoms with Gasteiger partial charge in [-0.15, -0.1) is 0 Å². The van der Waals surface area contributed by atoms with E-state index in [1.807, 2.05) is 6.08 Å². The molecule has 170 valence electrons. The van der Waals surface area contributed by atoms with Crippen LogP contribution in [0.25, 0.3) is 0 Å². The minimum atomic E-state index is -4.45. The van der Waals surface area contributed by atoms with Crippen molar-refractivity contribution in [1.29, 1.82) is 0 Å². The van der Waals surface area contributed by atoms with Crippen molar-refractivity contribution >= 4 is 15.0 Å². The highest BCUT2D eigenvalue weighted by Crippen LogP contribution is 2.58. The first-order valence-corrected chi connectivity index (χ1v) is 14.0. The van der Waals surface area contributed by atoms with E-state index in [2.05, 4.69) is 39.8 Å². The normalized spacial score (nSPS) is 15.5. The van der Waals surface area contributed by atoms with Crippen LogP contribution >= 0.6 is 15.0 Å². The van der Waals surface area contributed by atoms with Crippen LogP contribution in [-0.2, 0) is 18.4 Å². The molecule has 0 aliphatic heterocycles. The summed E-state index contributed by atoms with van der Waals surface area (Å²) in [6.07, 6.45) is 10.7. The molecule has 1 atom stereocenters. The predicted molar refractivity (Wildman–Crippen MR) is 122 cm³/mol. The van der Waals surface area contributed by atoms with Crippen molar-refractivity contribution in [3.05, 3.63) is 34.9 Å². The quantitative estimate of drug-likeness (QED) is 0.166. The standard InChI is InChI=1S/C21H40O6P2/c1-7-21(13-9-12-20(6)11-8-10-18(2)3)14-15-26-16-28(22,27-19(4)5)17-29(23,24)25/h10,12,14,19H,7-9,11,13,15-17H2,1-6H3,(H2,23,24,25)/b20-12+,21-14+. The second kappa shape index (κ2) is 14.5. The molecule has 6 nitrogen and oxygen atoms in total. The SMILES string of the molecule is CC/C(=C\COCP(=O)(CP(=O)(O)O)OC(C)C)CC/C=C(\C)CCC=C(C)C. The fraction of sp³-hybridized carbons (Fsp3) is 0.714. The van der Waals surface area contributed by atoms with E-state index in [4.69, 9.17) is 19.0 Å². The van der Waals surface area contributed by atoms with Crippen LogP contribution in [0.5, 0.6) is 0 Å². The molecule has 0 aromatic rings. The second-order valence-electron chi connectivity index (χ2n) is 7.90. The van der Waals surface area contributed by atoms with Crippen molar-refractivity contribution in [2.24, 2.45) is 0 Å². The highest BCUT2D eigenvalue weighted by atomic mass is 31.2. The molecule has 8 heteroatoms. The minimum Gasteiger partial charge on any atom is -0.367 e. The lowest BCUT2D eigenvalue weighted by Crippen LogP contribution is -2.09. The Morgan fingerprint density at radius 1 is 1.00 bits per heavy atom. The zero-order valence-corrected chi connectivity index (χ0v) is 20.7. The van der Waals surface area contributed by atoms with Crippen LogP contribution in [0.4, 0.5) is 0 Å². The summed E-state index contributed by atoms with van der Waals surface area (Å²) < 4.78 is 34.7. The topological polar surface area (TPSA) is 93.1 Å². The summed E-state index contributed by atoms with van der Waals surface area (Å²) in [5, 5.41) is 0. The second-order valence-corrected chi connectivity index (χ2v) is 12.5. The molecule has 0 aromatic heterocycles. The van der Waals surface area contributed by atoms with Gasteiger partial charge in [0.2, 0.25) is 7.37 Å². The summed E-state index contributed by atoms with van der Waals surface area (Å²) in [5.41, 5.74) is 3.98. The van der Waals surface area contributed by atoms with Gasteiger partial charge in [-0.05, 0) is 66.7 Å². The zero-order chi connectivity index (χ0) is 22.5.